The average Bonchev–Trinajstić information content (AvgIpc) is 3.39. The van der Waals surface area contributed by atoms with Crippen LogP contribution >= 0.6 is 23.2 Å². The van der Waals surface area contributed by atoms with Crippen molar-refractivity contribution in [3.8, 4) is 6.07 Å². The standard InChI is InChI=1S/C21H14Cl2F4N4O2/c22-15-6-14(7-16(23)18(15)24)20(21(25,26)27)8-17(30-33-20)31-9-12-2-1-11(5-13(12)10-31)19(32)29-4-3-28/h1-2,5-7H,4,8-10H2,(H,29,32). The number of amides is 1. The third kappa shape index (κ3) is 4.07. The van der Waals surface area contributed by atoms with Gasteiger partial charge in [0.25, 0.3) is 11.5 Å². The molecule has 0 saturated carbocycles. The van der Waals surface area contributed by atoms with Gasteiger partial charge in [0.2, 0.25) is 0 Å². The number of oxime groups is 1. The van der Waals surface area contributed by atoms with Gasteiger partial charge < -0.3 is 15.1 Å². The first kappa shape index (κ1) is 23.1. The van der Waals surface area contributed by atoms with Gasteiger partial charge in [0, 0.05) is 24.2 Å². The van der Waals surface area contributed by atoms with Gasteiger partial charge in [-0.05, 0) is 35.4 Å². The first-order chi connectivity index (χ1) is 15.6. The highest BCUT2D eigenvalue weighted by Crippen LogP contribution is 2.50. The van der Waals surface area contributed by atoms with Crippen molar-refractivity contribution >= 4 is 34.9 Å². The zero-order chi connectivity index (χ0) is 24.0. The van der Waals surface area contributed by atoms with E-state index in [1.807, 2.05) is 6.07 Å². The van der Waals surface area contributed by atoms with Crippen LogP contribution in [0.1, 0.15) is 33.5 Å². The Morgan fingerprint density at radius 3 is 2.52 bits per heavy atom. The molecule has 0 bridgehead atoms. The van der Waals surface area contributed by atoms with Crippen molar-refractivity contribution in [2.75, 3.05) is 6.54 Å². The van der Waals surface area contributed by atoms with Crippen molar-refractivity contribution in [3.05, 3.63) is 68.4 Å². The number of alkyl halides is 3. The number of hydrogen-bond acceptors (Lipinski definition) is 5. The number of carbonyl (C=O) groups is 1. The van der Waals surface area contributed by atoms with E-state index in [0.29, 0.717) is 5.56 Å². The Kier molecular flexibility index (Phi) is 5.88. The van der Waals surface area contributed by atoms with Gasteiger partial charge in [0.1, 0.15) is 12.4 Å². The smallest absolute Gasteiger partial charge is 0.372 e. The first-order valence-electron chi connectivity index (χ1n) is 9.54. The van der Waals surface area contributed by atoms with Crippen LogP contribution in [0.4, 0.5) is 17.6 Å². The third-order valence-corrected chi connectivity index (χ3v) is 6.06. The Labute approximate surface area is 195 Å². The van der Waals surface area contributed by atoms with E-state index in [4.69, 9.17) is 33.3 Å². The molecule has 1 N–H and O–H groups in total. The van der Waals surface area contributed by atoms with Crippen LogP contribution < -0.4 is 5.32 Å². The van der Waals surface area contributed by atoms with Crippen molar-refractivity contribution in [2.45, 2.75) is 31.3 Å². The topological polar surface area (TPSA) is 77.7 Å². The molecule has 172 valence electrons. The summed E-state index contributed by atoms with van der Waals surface area (Å²) in [7, 11) is 0. The second kappa shape index (κ2) is 8.39. The van der Waals surface area contributed by atoms with E-state index < -0.39 is 45.5 Å². The monoisotopic (exact) mass is 500 g/mol. The highest BCUT2D eigenvalue weighted by Gasteiger charge is 2.63. The van der Waals surface area contributed by atoms with Gasteiger partial charge >= 0.3 is 6.18 Å². The molecule has 6 nitrogen and oxygen atoms in total. The lowest BCUT2D eigenvalue weighted by Crippen LogP contribution is -2.44. The molecule has 0 spiro atoms. The molecule has 1 unspecified atom stereocenters. The van der Waals surface area contributed by atoms with Gasteiger partial charge in [-0.3, -0.25) is 4.79 Å². The minimum atomic E-state index is -4.90. The quantitative estimate of drug-likeness (QED) is 0.369. The van der Waals surface area contributed by atoms with Crippen molar-refractivity contribution in [2.24, 2.45) is 5.16 Å². The van der Waals surface area contributed by atoms with E-state index in [0.717, 1.165) is 23.3 Å². The maximum atomic E-state index is 14.2. The molecule has 0 aliphatic carbocycles. The summed E-state index contributed by atoms with van der Waals surface area (Å²) in [4.78, 5) is 18.6. The number of halogens is 6. The van der Waals surface area contributed by atoms with Crippen LogP contribution in [0, 0.1) is 17.1 Å². The summed E-state index contributed by atoms with van der Waals surface area (Å²) in [6.07, 6.45) is -5.57. The summed E-state index contributed by atoms with van der Waals surface area (Å²) in [6.45, 7) is 0.319. The zero-order valence-electron chi connectivity index (χ0n) is 16.6. The highest BCUT2D eigenvalue weighted by molar-refractivity contribution is 6.35. The molecule has 0 aromatic heterocycles. The molecule has 33 heavy (non-hydrogen) atoms. The Hall–Kier alpha value is -3.03. The number of nitrogens with one attached hydrogen (secondary N) is 1. The van der Waals surface area contributed by atoms with Crippen LogP contribution in [-0.2, 0) is 23.5 Å². The molecule has 0 radical (unpaired) electrons. The molecule has 0 saturated heterocycles. The zero-order valence-corrected chi connectivity index (χ0v) is 18.2. The summed E-state index contributed by atoms with van der Waals surface area (Å²) in [6, 6.07) is 8.37. The number of nitriles is 1. The molecule has 4 rings (SSSR count). The lowest BCUT2D eigenvalue weighted by atomic mass is 9.89. The SMILES string of the molecule is N#CCNC(=O)c1ccc2c(c1)CN(C1=NOC(c3cc(Cl)c(F)c(Cl)c3)(C(F)(F)F)C1)C2. The highest BCUT2D eigenvalue weighted by atomic mass is 35.5. The Balaban J connectivity index is 1.58. The molecular weight excluding hydrogens is 487 g/mol. The molecule has 1 amide bonds. The van der Waals surface area contributed by atoms with Gasteiger partial charge in [-0.1, -0.05) is 34.4 Å². The molecule has 2 aliphatic heterocycles. The van der Waals surface area contributed by atoms with E-state index in [1.165, 1.54) is 0 Å². The number of amidine groups is 1. The van der Waals surface area contributed by atoms with E-state index in [-0.39, 0.29) is 25.5 Å². The lowest BCUT2D eigenvalue weighted by Gasteiger charge is -2.30. The molecular formula is C21H14Cl2F4N4O2. The molecule has 2 aliphatic rings. The second-order valence-electron chi connectivity index (χ2n) is 7.53. The fourth-order valence-corrected chi connectivity index (χ4v) is 4.27. The van der Waals surface area contributed by atoms with Gasteiger partial charge in [-0.25, -0.2) is 4.39 Å². The molecule has 2 heterocycles. The predicted octanol–water partition coefficient (Wildman–Crippen LogP) is 4.89. The van der Waals surface area contributed by atoms with Gasteiger partial charge in [0.05, 0.1) is 22.5 Å². The van der Waals surface area contributed by atoms with E-state index >= 15 is 0 Å². The Bertz CT molecular complexity index is 1190. The number of benzene rings is 2. The second-order valence-corrected chi connectivity index (χ2v) is 8.35. The number of rotatable bonds is 3. The van der Waals surface area contributed by atoms with Crippen molar-refractivity contribution in [3.63, 3.8) is 0 Å². The van der Waals surface area contributed by atoms with Crippen LogP contribution in [-0.4, -0.2) is 29.4 Å². The number of nitrogens with zero attached hydrogens (tertiary/aromatic N) is 3. The van der Waals surface area contributed by atoms with Crippen molar-refractivity contribution in [1.82, 2.24) is 10.2 Å². The van der Waals surface area contributed by atoms with Crippen LogP contribution in [0.2, 0.25) is 10.0 Å². The summed E-state index contributed by atoms with van der Waals surface area (Å²) in [5, 5.41) is 13.6. The van der Waals surface area contributed by atoms with Crippen molar-refractivity contribution < 1.29 is 27.2 Å². The summed E-state index contributed by atoms with van der Waals surface area (Å²) in [5.74, 6) is -1.42. The van der Waals surface area contributed by atoms with Gasteiger partial charge in [0.15, 0.2) is 5.82 Å². The molecule has 2 aromatic carbocycles. The first-order valence-corrected chi connectivity index (χ1v) is 10.3. The van der Waals surface area contributed by atoms with Crippen molar-refractivity contribution in [1.29, 1.82) is 5.26 Å². The maximum Gasteiger partial charge on any atom is 0.435 e. The van der Waals surface area contributed by atoms with E-state index in [1.54, 1.807) is 23.1 Å². The lowest BCUT2D eigenvalue weighted by molar-refractivity contribution is -0.275. The molecule has 0 fully saturated rings. The third-order valence-electron chi connectivity index (χ3n) is 5.51. The minimum absolute atomic E-state index is 0.0376. The van der Waals surface area contributed by atoms with Crippen LogP contribution in [0.15, 0.2) is 35.5 Å². The molecule has 2 aromatic rings. The fourth-order valence-electron chi connectivity index (χ4n) is 3.79. The normalized spacial score (nSPS) is 19.5. The molecule has 1 atom stereocenters. The fraction of sp³-hybridized carbons (Fsp3) is 0.286. The number of hydrogen-bond donors (Lipinski definition) is 1. The maximum absolute atomic E-state index is 14.2. The number of fused-ring (bicyclic) bond motifs is 1. The van der Waals surface area contributed by atoms with Crippen LogP contribution in [0.25, 0.3) is 0 Å². The van der Waals surface area contributed by atoms with Gasteiger partial charge in [-0.15, -0.1) is 0 Å². The Morgan fingerprint density at radius 1 is 1.21 bits per heavy atom. The van der Waals surface area contributed by atoms with E-state index in [9.17, 15) is 22.4 Å². The Morgan fingerprint density at radius 2 is 1.88 bits per heavy atom. The summed E-state index contributed by atoms with van der Waals surface area (Å²) in [5.41, 5.74) is -1.46. The van der Waals surface area contributed by atoms with Gasteiger partial charge in [-0.2, -0.15) is 18.4 Å². The average molecular weight is 501 g/mol. The minimum Gasteiger partial charge on any atom is -0.372 e. The summed E-state index contributed by atoms with van der Waals surface area (Å²) < 4.78 is 56.3. The van der Waals surface area contributed by atoms with E-state index in [2.05, 4.69) is 10.5 Å². The molecule has 12 heteroatoms. The summed E-state index contributed by atoms with van der Waals surface area (Å²) >= 11 is 11.5. The number of carbonyl (C=O) groups excluding carboxylic acids is 1. The predicted molar refractivity (Wildman–Crippen MR) is 111 cm³/mol. The largest absolute Gasteiger partial charge is 0.435 e. The van der Waals surface area contributed by atoms with Crippen LogP contribution in [0.5, 0.6) is 0 Å². The van der Waals surface area contributed by atoms with Crippen LogP contribution in [0.3, 0.4) is 0 Å².